The number of ether oxygens (including phenoxy) is 1. The number of hydrogen-bond acceptors (Lipinski definition) is 2. The van der Waals surface area contributed by atoms with Crippen LogP contribution in [0.15, 0.2) is 0 Å². The smallest absolute Gasteiger partial charge is 0.0741 e. The van der Waals surface area contributed by atoms with Gasteiger partial charge < -0.3 is 9.84 Å². The molecule has 2 heteroatoms. The van der Waals surface area contributed by atoms with Gasteiger partial charge in [0.2, 0.25) is 0 Å². The molecule has 2 heterocycles. The van der Waals surface area contributed by atoms with Crippen LogP contribution in [0.2, 0.25) is 0 Å². The van der Waals surface area contributed by atoms with Crippen molar-refractivity contribution in [3.05, 3.63) is 0 Å². The predicted octanol–water partition coefficient (Wildman–Crippen LogP) is 2.99. The van der Waals surface area contributed by atoms with Gasteiger partial charge in [0.1, 0.15) is 0 Å². The van der Waals surface area contributed by atoms with Crippen LogP contribution in [0.4, 0.5) is 0 Å². The molecule has 0 aromatic carbocycles. The van der Waals surface area contributed by atoms with E-state index in [1.165, 1.54) is 25.7 Å². The van der Waals surface area contributed by atoms with Crippen molar-refractivity contribution in [3.8, 4) is 0 Å². The Bertz CT molecular complexity index is 316. The van der Waals surface area contributed by atoms with Crippen molar-refractivity contribution < 1.29 is 9.84 Å². The molecular formula is C15H26O2. The van der Waals surface area contributed by atoms with E-state index >= 15 is 0 Å². The highest BCUT2D eigenvalue weighted by molar-refractivity contribution is 5.10. The molecule has 17 heavy (non-hydrogen) atoms. The van der Waals surface area contributed by atoms with E-state index in [2.05, 4.69) is 20.8 Å². The standard InChI is InChI=1S/C15H26O2/c1-10-4-5-13-12(10)8-15(11(2)9-16)7-6-14(13,3)17-15/h10-13,16H,4-9H2,1-3H3/t10-,11?,12-,13-,14+,15-/m0/s1. The highest BCUT2D eigenvalue weighted by Crippen LogP contribution is 2.61. The molecule has 3 fully saturated rings. The molecule has 1 saturated carbocycles. The van der Waals surface area contributed by atoms with E-state index in [0.29, 0.717) is 0 Å². The first-order chi connectivity index (χ1) is 8.01. The molecular weight excluding hydrogens is 212 g/mol. The second-order valence-electron chi connectivity index (χ2n) is 7.09. The first kappa shape index (κ1) is 12.0. The lowest BCUT2D eigenvalue weighted by atomic mass is 9.72. The summed E-state index contributed by atoms with van der Waals surface area (Å²) in [5.41, 5.74) is 0.0976. The molecule has 2 nitrogen and oxygen atoms in total. The summed E-state index contributed by atoms with van der Waals surface area (Å²) in [6.45, 7) is 7.16. The van der Waals surface area contributed by atoms with Gasteiger partial charge in [-0.25, -0.2) is 0 Å². The summed E-state index contributed by atoms with van der Waals surface area (Å²) < 4.78 is 6.53. The second-order valence-corrected chi connectivity index (χ2v) is 7.09. The van der Waals surface area contributed by atoms with Gasteiger partial charge in [0, 0.05) is 12.5 Å². The Morgan fingerprint density at radius 3 is 2.82 bits per heavy atom. The lowest BCUT2D eigenvalue weighted by Crippen LogP contribution is -2.51. The van der Waals surface area contributed by atoms with E-state index in [-0.39, 0.29) is 23.7 Å². The molecule has 0 amide bonds. The molecule has 0 spiro atoms. The van der Waals surface area contributed by atoms with E-state index < -0.39 is 0 Å². The Kier molecular flexibility index (Phi) is 2.61. The van der Waals surface area contributed by atoms with Gasteiger partial charge in [0.25, 0.3) is 0 Å². The lowest BCUT2D eigenvalue weighted by molar-refractivity contribution is -0.202. The number of aliphatic hydroxyl groups excluding tert-OH is 1. The first-order valence-corrected chi connectivity index (χ1v) is 7.32. The van der Waals surface area contributed by atoms with Gasteiger partial charge in [-0.15, -0.1) is 0 Å². The van der Waals surface area contributed by atoms with Crippen molar-refractivity contribution >= 4 is 0 Å². The van der Waals surface area contributed by atoms with E-state index in [9.17, 15) is 5.11 Å². The zero-order chi connectivity index (χ0) is 12.3. The molecule has 3 aliphatic rings. The van der Waals surface area contributed by atoms with Crippen molar-refractivity contribution in [3.63, 3.8) is 0 Å². The minimum absolute atomic E-state index is 0.0106. The Labute approximate surface area is 105 Å². The lowest BCUT2D eigenvalue weighted by Gasteiger charge is -2.49. The molecule has 1 unspecified atom stereocenters. The van der Waals surface area contributed by atoms with Gasteiger partial charge in [-0.3, -0.25) is 0 Å². The van der Waals surface area contributed by atoms with Gasteiger partial charge in [0.05, 0.1) is 11.2 Å². The third-order valence-corrected chi connectivity index (χ3v) is 6.20. The number of aliphatic hydroxyl groups is 1. The fourth-order valence-electron chi connectivity index (χ4n) is 4.91. The quantitative estimate of drug-likeness (QED) is 0.801. The van der Waals surface area contributed by atoms with Crippen LogP contribution in [-0.2, 0) is 4.74 Å². The SMILES string of the molecule is CC(CO)[C@@]12CC[C@@](C)(O1)[C@H]1CC[C@H](C)[C@@H]1C2. The van der Waals surface area contributed by atoms with Crippen molar-refractivity contribution in [1.29, 1.82) is 0 Å². The van der Waals surface area contributed by atoms with Crippen LogP contribution in [0.1, 0.15) is 52.9 Å². The summed E-state index contributed by atoms with van der Waals surface area (Å²) in [5.74, 6) is 2.76. The minimum Gasteiger partial charge on any atom is -0.396 e. The highest BCUT2D eigenvalue weighted by Gasteiger charge is 2.61. The number of hydrogen-bond donors (Lipinski definition) is 1. The van der Waals surface area contributed by atoms with Crippen LogP contribution in [0, 0.1) is 23.7 Å². The van der Waals surface area contributed by atoms with E-state index in [4.69, 9.17) is 4.74 Å². The van der Waals surface area contributed by atoms with Crippen LogP contribution >= 0.6 is 0 Å². The fraction of sp³-hybridized carbons (Fsp3) is 1.00. The highest BCUT2D eigenvalue weighted by atomic mass is 16.5. The molecule has 0 aromatic rings. The summed E-state index contributed by atoms with van der Waals surface area (Å²) in [4.78, 5) is 0. The van der Waals surface area contributed by atoms with Gasteiger partial charge >= 0.3 is 0 Å². The zero-order valence-corrected chi connectivity index (χ0v) is 11.4. The average Bonchev–Trinajstić information content (AvgIpc) is 2.81. The van der Waals surface area contributed by atoms with Crippen molar-refractivity contribution in [2.75, 3.05) is 6.61 Å². The molecule has 98 valence electrons. The van der Waals surface area contributed by atoms with Gasteiger partial charge in [-0.1, -0.05) is 20.3 Å². The number of fused-ring (bicyclic) bond motifs is 4. The predicted molar refractivity (Wildman–Crippen MR) is 67.7 cm³/mol. The Morgan fingerprint density at radius 1 is 1.35 bits per heavy atom. The first-order valence-electron chi connectivity index (χ1n) is 7.32. The summed E-state index contributed by atoms with van der Waals surface area (Å²) in [6, 6.07) is 0. The summed E-state index contributed by atoms with van der Waals surface area (Å²) >= 11 is 0. The van der Waals surface area contributed by atoms with E-state index in [0.717, 1.165) is 24.2 Å². The van der Waals surface area contributed by atoms with Gasteiger partial charge in [-0.05, 0) is 50.4 Å². The third-order valence-electron chi connectivity index (χ3n) is 6.20. The van der Waals surface area contributed by atoms with Crippen LogP contribution in [0.3, 0.4) is 0 Å². The normalized spacial score (nSPS) is 54.7. The van der Waals surface area contributed by atoms with Crippen LogP contribution in [0.5, 0.6) is 0 Å². The average molecular weight is 238 g/mol. The fourth-order valence-corrected chi connectivity index (χ4v) is 4.91. The molecule has 0 radical (unpaired) electrons. The molecule has 1 N–H and O–H groups in total. The number of rotatable bonds is 2. The largest absolute Gasteiger partial charge is 0.396 e. The molecule has 1 aliphatic carbocycles. The van der Waals surface area contributed by atoms with Crippen molar-refractivity contribution in [1.82, 2.24) is 0 Å². The minimum atomic E-state index is -0.0106. The van der Waals surface area contributed by atoms with E-state index in [1.807, 2.05) is 0 Å². The summed E-state index contributed by atoms with van der Waals surface area (Å²) in [6.07, 6.45) is 6.27. The summed E-state index contributed by atoms with van der Waals surface area (Å²) in [7, 11) is 0. The Hall–Kier alpha value is -0.0800. The maximum absolute atomic E-state index is 9.51. The molecule has 2 aliphatic heterocycles. The molecule has 6 atom stereocenters. The zero-order valence-electron chi connectivity index (χ0n) is 11.4. The third kappa shape index (κ3) is 1.53. The Balaban J connectivity index is 1.92. The molecule has 2 saturated heterocycles. The second kappa shape index (κ2) is 3.71. The van der Waals surface area contributed by atoms with E-state index in [1.54, 1.807) is 0 Å². The Morgan fingerprint density at radius 2 is 2.12 bits per heavy atom. The van der Waals surface area contributed by atoms with Crippen LogP contribution in [0.25, 0.3) is 0 Å². The van der Waals surface area contributed by atoms with Crippen molar-refractivity contribution in [2.24, 2.45) is 23.7 Å². The van der Waals surface area contributed by atoms with Gasteiger partial charge in [0.15, 0.2) is 0 Å². The monoisotopic (exact) mass is 238 g/mol. The van der Waals surface area contributed by atoms with Crippen LogP contribution < -0.4 is 0 Å². The topological polar surface area (TPSA) is 29.5 Å². The molecule has 0 aromatic heterocycles. The molecule has 2 bridgehead atoms. The maximum atomic E-state index is 9.51. The van der Waals surface area contributed by atoms with Crippen molar-refractivity contribution in [2.45, 2.75) is 64.1 Å². The maximum Gasteiger partial charge on any atom is 0.0741 e. The molecule has 3 rings (SSSR count). The van der Waals surface area contributed by atoms with Gasteiger partial charge in [-0.2, -0.15) is 0 Å². The summed E-state index contributed by atoms with van der Waals surface area (Å²) in [5, 5.41) is 9.51. The van der Waals surface area contributed by atoms with Crippen LogP contribution in [-0.4, -0.2) is 22.9 Å².